The minimum absolute atomic E-state index is 0.639. The van der Waals surface area contributed by atoms with E-state index < -0.39 is 0 Å². The number of nitrogens with zero attached hydrogens (tertiary/aromatic N) is 3. The third-order valence-electron chi connectivity index (χ3n) is 2.96. The molecule has 0 aliphatic heterocycles. The van der Waals surface area contributed by atoms with Crippen LogP contribution in [-0.4, -0.2) is 62.3 Å². The van der Waals surface area contributed by atoms with E-state index in [0.29, 0.717) is 12.6 Å². The van der Waals surface area contributed by atoms with Crippen LogP contribution in [0.15, 0.2) is 6.07 Å². The van der Waals surface area contributed by atoms with Crippen LogP contribution in [0.2, 0.25) is 0 Å². The largest absolute Gasteiger partial charge is 0.378 e. The van der Waals surface area contributed by atoms with Crippen molar-refractivity contribution >= 4 is 33.3 Å². The summed E-state index contributed by atoms with van der Waals surface area (Å²) < 4.78 is 5.58. The SMILES string of the molecule is CNc1nc(NCCOCCN(C)C)c2cc(C)sc2n1. The lowest BCUT2D eigenvalue weighted by molar-refractivity contribution is 0.126. The summed E-state index contributed by atoms with van der Waals surface area (Å²) in [6.07, 6.45) is 0. The Morgan fingerprint density at radius 2 is 2.10 bits per heavy atom. The van der Waals surface area contributed by atoms with E-state index in [0.717, 1.165) is 35.7 Å². The molecule has 7 heteroatoms. The predicted molar refractivity (Wildman–Crippen MR) is 89.6 cm³/mol. The van der Waals surface area contributed by atoms with Crippen LogP contribution < -0.4 is 10.6 Å². The molecule has 0 bridgehead atoms. The molecule has 2 aromatic rings. The van der Waals surface area contributed by atoms with Gasteiger partial charge >= 0.3 is 0 Å². The van der Waals surface area contributed by atoms with Gasteiger partial charge in [0, 0.05) is 25.0 Å². The molecule has 0 atom stereocenters. The van der Waals surface area contributed by atoms with Crippen LogP contribution in [-0.2, 0) is 4.74 Å². The topological polar surface area (TPSA) is 62.3 Å². The van der Waals surface area contributed by atoms with Crippen LogP contribution in [0.1, 0.15) is 4.88 Å². The molecule has 0 fully saturated rings. The maximum Gasteiger partial charge on any atom is 0.225 e. The van der Waals surface area contributed by atoms with Gasteiger partial charge in [0.15, 0.2) is 0 Å². The molecule has 21 heavy (non-hydrogen) atoms. The summed E-state index contributed by atoms with van der Waals surface area (Å²) in [5, 5.41) is 7.41. The van der Waals surface area contributed by atoms with E-state index in [1.54, 1.807) is 11.3 Å². The fourth-order valence-electron chi connectivity index (χ4n) is 1.88. The van der Waals surface area contributed by atoms with E-state index in [1.807, 2.05) is 21.1 Å². The van der Waals surface area contributed by atoms with E-state index in [4.69, 9.17) is 4.74 Å². The first-order valence-electron chi connectivity index (χ1n) is 7.02. The Hall–Kier alpha value is -1.44. The molecule has 0 saturated heterocycles. The average molecular weight is 309 g/mol. The number of aromatic nitrogens is 2. The number of fused-ring (bicyclic) bond motifs is 1. The second-order valence-corrected chi connectivity index (χ2v) is 6.30. The average Bonchev–Trinajstić information content (AvgIpc) is 2.82. The van der Waals surface area contributed by atoms with E-state index in [-0.39, 0.29) is 0 Å². The van der Waals surface area contributed by atoms with Gasteiger partial charge in [0.1, 0.15) is 10.6 Å². The molecule has 2 N–H and O–H groups in total. The number of likely N-dealkylation sites (N-methyl/N-ethyl adjacent to an activating group) is 1. The van der Waals surface area contributed by atoms with E-state index in [1.165, 1.54) is 4.88 Å². The van der Waals surface area contributed by atoms with E-state index >= 15 is 0 Å². The van der Waals surface area contributed by atoms with Crippen LogP contribution in [0, 0.1) is 6.92 Å². The van der Waals surface area contributed by atoms with Gasteiger partial charge in [0.05, 0.1) is 18.6 Å². The van der Waals surface area contributed by atoms with Crippen molar-refractivity contribution in [3.8, 4) is 0 Å². The molecule has 0 aliphatic carbocycles. The summed E-state index contributed by atoms with van der Waals surface area (Å²) in [6, 6.07) is 2.12. The number of anilines is 2. The zero-order valence-corrected chi connectivity index (χ0v) is 13.9. The first-order chi connectivity index (χ1) is 10.1. The van der Waals surface area contributed by atoms with Gasteiger partial charge in [-0.15, -0.1) is 11.3 Å². The summed E-state index contributed by atoms with van der Waals surface area (Å²) in [5.74, 6) is 1.50. The number of rotatable bonds is 8. The summed E-state index contributed by atoms with van der Waals surface area (Å²) in [6.45, 7) is 5.16. The monoisotopic (exact) mass is 309 g/mol. The lowest BCUT2D eigenvalue weighted by Crippen LogP contribution is -2.20. The molecule has 0 aliphatic rings. The van der Waals surface area contributed by atoms with Crippen LogP contribution >= 0.6 is 11.3 Å². The maximum atomic E-state index is 5.58. The van der Waals surface area contributed by atoms with Crippen molar-refractivity contribution in [2.45, 2.75) is 6.92 Å². The smallest absolute Gasteiger partial charge is 0.225 e. The second kappa shape index (κ2) is 7.53. The molecular weight excluding hydrogens is 286 g/mol. The molecule has 0 spiro atoms. The normalized spacial score (nSPS) is 11.3. The third-order valence-corrected chi connectivity index (χ3v) is 3.91. The number of thiophene rings is 1. The number of ether oxygens (including phenoxy) is 1. The third kappa shape index (κ3) is 4.52. The minimum Gasteiger partial charge on any atom is -0.378 e. The van der Waals surface area contributed by atoms with E-state index in [9.17, 15) is 0 Å². The number of nitrogens with one attached hydrogen (secondary N) is 2. The molecule has 0 unspecified atom stereocenters. The van der Waals surface area contributed by atoms with Gasteiger partial charge in [-0.1, -0.05) is 0 Å². The summed E-state index contributed by atoms with van der Waals surface area (Å²) in [7, 11) is 5.91. The Balaban J connectivity index is 1.94. The van der Waals surface area contributed by atoms with Gasteiger partial charge in [-0.25, -0.2) is 4.98 Å². The summed E-state index contributed by atoms with van der Waals surface area (Å²) in [5.41, 5.74) is 0. The zero-order valence-electron chi connectivity index (χ0n) is 13.1. The van der Waals surface area contributed by atoms with Crippen molar-refractivity contribution in [2.24, 2.45) is 0 Å². The summed E-state index contributed by atoms with van der Waals surface area (Å²) in [4.78, 5) is 13.3. The predicted octanol–water partition coefficient (Wildman–Crippen LogP) is 2.03. The van der Waals surface area contributed by atoms with Gasteiger partial charge in [-0.3, -0.25) is 0 Å². The van der Waals surface area contributed by atoms with Crippen molar-refractivity contribution in [1.29, 1.82) is 0 Å². The molecular formula is C14H23N5OS. The van der Waals surface area contributed by atoms with Gasteiger partial charge in [-0.2, -0.15) is 4.98 Å². The van der Waals surface area contributed by atoms with Crippen molar-refractivity contribution in [3.63, 3.8) is 0 Å². The highest BCUT2D eigenvalue weighted by molar-refractivity contribution is 7.18. The molecule has 0 saturated carbocycles. The zero-order chi connectivity index (χ0) is 15.2. The Labute approximate surface area is 129 Å². The second-order valence-electron chi connectivity index (χ2n) is 5.06. The highest BCUT2D eigenvalue weighted by Gasteiger charge is 2.09. The lowest BCUT2D eigenvalue weighted by Gasteiger charge is -2.11. The highest BCUT2D eigenvalue weighted by Crippen LogP contribution is 2.29. The Kier molecular flexibility index (Phi) is 5.72. The Morgan fingerprint density at radius 3 is 2.81 bits per heavy atom. The summed E-state index contributed by atoms with van der Waals surface area (Å²) >= 11 is 1.68. The van der Waals surface area contributed by atoms with Gasteiger partial charge < -0.3 is 20.3 Å². The molecule has 0 amide bonds. The Morgan fingerprint density at radius 1 is 1.29 bits per heavy atom. The van der Waals surface area contributed by atoms with Gasteiger partial charge in [0.25, 0.3) is 0 Å². The fraction of sp³-hybridized carbons (Fsp3) is 0.571. The van der Waals surface area contributed by atoms with Crippen molar-refractivity contribution in [2.75, 3.05) is 58.1 Å². The van der Waals surface area contributed by atoms with Crippen molar-refractivity contribution < 1.29 is 4.74 Å². The van der Waals surface area contributed by atoms with Crippen LogP contribution in [0.5, 0.6) is 0 Å². The van der Waals surface area contributed by atoms with Gasteiger partial charge in [0.2, 0.25) is 5.95 Å². The van der Waals surface area contributed by atoms with Crippen molar-refractivity contribution in [1.82, 2.24) is 14.9 Å². The lowest BCUT2D eigenvalue weighted by atomic mass is 10.3. The molecule has 0 aromatic carbocycles. The maximum absolute atomic E-state index is 5.58. The molecule has 0 radical (unpaired) electrons. The first-order valence-corrected chi connectivity index (χ1v) is 7.84. The standard InChI is InChI=1S/C14H23N5OS/c1-10-9-11-12(16-5-7-20-8-6-19(3)4)17-14(15-2)18-13(11)21-10/h9H,5-8H2,1-4H3,(H2,15,16,17,18). The van der Waals surface area contributed by atoms with Gasteiger partial charge in [-0.05, 0) is 27.1 Å². The van der Waals surface area contributed by atoms with Crippen LogP contribution in [0.4, 0.5) is 11.8 Å². The Bertz CT molecular complexity index is 584. The quantitative estimate of drug-likeness (QED) is 0.728. The van der Waals surface area contributed by atoms with Crippen LogP contribution in [0.3, 0.4) is 0 Å². The van der Waals surface area contributed by atoms with E-state index in [2.05, 4.69) is 38.5 Å². The van der Waals surface area contributed by atoms with Crippen molar-refractivity contribution in [3.05, 3.63) is 10.9 Å². The fourth-order valence-corrected chi connectivity index (χ4v) is 2.76. The highest BCUT2D eigenvalue weighted by atomic mass is 32.1. The minimum atomic E-state index is 0.639. The molecule has 2 heterocycles. The molecule has 2 aromatic heterocycles. The number of aryl methyl sites for hydroxylation is 1. The molecule has 6 nitrogen and oxygen atoms in total. The number of hydrogen-bond acceptors (Lipinski definition) is 7. The molecule has 2 rings (SSSR count). The molecule has 116 valence electrons. The number of hydrogen-bond donors (Lipinski definition) is 2. The van der Waals surface area contributed by atoms with Crippen LogP contribution in [0.25, 0.3) is 10.2 Å². The first kappa shape index (κ1) is 15.9.